The van der Waals surface area contributed by atoms with Crippen LogP contribution in [0, 0.1) is 5.92 Å². The van der Waals surface area contributed by atoms with Crippen molar-refractivity contribution < 1.29 is 14.3 Å². The summed E-state index contributed by atoms with van der Waals surface area (Å²) in [6, 6.07) is -0.562. The van der Waals surface area contributed by atoms with E-state index in [1.54, 1.807) is 28.2 Å². The number of amides is 4. The third kappa shape index (κ3) is 8.12. The highest BCUT2D eigenvalue weighted by atomic mass is 16.5. The zero-order valence-corrected chi connectivity index (χ0v) is 14.5. The molecular weight excluding hydrogens is 283 g/mol. The molecule has 8 heteroatoms. The number of hydrogen-bond acceptors (Lipinski definition) is 3. The van der Waals surface area contributed by atoms with Gasteiger partial charge in [0, 0.05) is 34.2 Å². The van der Waals surface area contributed by atoms with Gasteiger partial charge in [0.05, 0.1) is 27.1 Å². The zero-order chi connectivity index (χ0) is 17.3. The summed E-state index contributed by atoms with van der Waals surface area (Å²) in [5, 5.41) is 5.66. The molecule has 0 aliphatic carbocycles. The second kappa shape index (κ2) is 10.3. The van der Waals surface area contributed by atoms with Gasteiger partial charge in [0.15, 0.2) is 0 Å². The highest BCUT2D eigenvalue weighted by molar-refractivity contribution is 6.09. The first-order valence-electron chi connectivity index (χ1n) is 7.42. The topological polar surface area (TPSA) is 73.9 Å². The first kappa shape index (κ1) is 20.6. The van der Waals surface area contributed by atoms with Crippen molar-refractivity contribution in [2.45, 2.75) is 32.3 Å². The maximum absolute atomic E-state index is 11.7. The molecule has 0 fully saturated rings. The molecule has 22 heavy (non-hydrogen) atoms. The predicted octanol–water partition coefficient (Wildman–Crippen LogP) is 0.525. The molecule has 4 amide bonds. The molecule has 0 aromatic heterocycles. The maximum Gasteiger partial charge on any atom is 0.317 e. The van der Waals surface area contributed by atoms with E-state index in [4.69, 9.17) is 12.6 Å². The lowest BCUT2D eigenvalue weighted by Crippen LogP contribution is -2.46. The molecule has 0 heterocycles. The Labute approximate surface area is 135 Å². The Hall–Kier alpha value is -1.44. The summed E-state index contributed by atoms with van der Waals surface area (Å²) < 4.78 is 5.61. The second-order valence-electron chi connectivity index (χ2n) is 5.95. The summed E-state index contributed by atoms with van der Waals surface area (Å²) in [7, 11) is 12.4. The van der Waals surface area contributed by atoms with Gasteiger partial charge in [0.25, 0.3) is 0 Å². The molecule has 0 aromatic carbocycles. The Morgan fingerprint density at radius 1 is 1.00 bits per heavy atom. The number of hydrogen-bond donors (Lipinski definition) is 2. The molecule has 0 aromatic rings. The van der Waals surface area contributed by atoms with Crippen molar-refractivity contribution in [3.63, 3.8) is 0 Å². The molecule has 0 saturated carbocycles. The summed E-state index contributed by atoms with van der Waals surface area (Å²) in [5.41, 5.74) is 0. The van der Waals surface area contributed by atoms with Crippen LogP contribution in [0.25, 0.3) is 0 Å². The highest BCUT2D eigenvalue weighted by Gasteiger charge is 2.19. The second-order valence-corrected chi connectivity index (χ2v) is 5.95. The Morgan fingerprint density at radius 3 is 1.95 bits per heavy atom. The number of ether oxygens (including phenoxy) is 1. The fourth-order valence-electron chi connectivity index (χ4n) is 1.65. The van der Waals surface area contributed by atoms with Gasteiger partial charge in [-0.15, -0.1) is 0 Å². The Bertz CT molecular complexity index is 353. The predicted molar refractivity (Wildman–Crippen MR) is 88.2 cm³/mol. The van der Waals surface area contributed by atoms with E-state index >= 15 is 0 Å². The van der Waals surface area contributed by atoms with Gasteiger partial charge in [-0.25, -0.2) is 9.59 Å². The lowest BCUT2D eigenvalue weighted by Gasteiger charge is -2.26. The normalized spacial score (nSPS) is 14.6. The number of nitrogens with one attached hydrogen (secondary N) is 2. The van der Waals surface area contributed by atoms with Crippen LogP contribution in [0.2, 0.25) is 6.32 Å². The van der Waals surface area contributed by atoms with Crippen molar-refractivity contribution in [1.82, 2.24) is 20.4 Å². The first-order chi connectivity index (χ1) is 10.2. The van der Waals surface area contributed by atoms with Crippen molar-refractivity contribution in [2.24, 2.45) is 5.92 Å². The Kier molecular flexibility index (Phi) is 9.64. The number of nitrogens with zero attached hydrogens (tertiary/aromatic N) is 2. The van der Waals surface area contributed by atoms with Crippen LogP contribution in [0.4, 0.5) is 9.59 Å². The van der Waals surface area contributed by atoms with Gasteiger partial charge in [-0.1, -0.05) is 13.2 Å². The summed E-state index contributed by atoms with van der Waals surface area (Å²) in [5.74, 6) is 0.0747. The lowest BCUT2D eigenvalue weighted by molar-refractivity contribution is 0.0805. The van der Waals surface area contributed by atoms with Crippen LogP contribution in [-0.2, 0) is 4.74 Å². The summed E-state index contributed by atoms with van der Waals surface area (Å²) >= 11 is 0. The van der Waals surface area contributed by atoms with E-state index < -0.39 is 0 Å². The van der Waals surface area contributed by atoms with E-state index in [2.05, 4.69) is 10.6 Å². The van der Waals surface area contributed by atoms with E-state index in [0.29, 0.717) is 19.5 Å². The van der Waals surface area contributed by atoms with Crippen molar-refractivity contribution >= 4 is 19.9 Å². The minimum Gasteiger partial charge on any atom is -0.379 e. The van der Waals surface area contributed by atoms with E-state index in [1.165, 1.54) is 9.80 Å². The summed E-state index contributed by atoms with van der Waals surface area (Å²) in [4.78, 5) is 26.1. The van der Waals surface area contributed by atoms with E-state index in [9.17, 15) is 9.59 Å². The molecule has 0 spiro atoms. The quantitative estimate of drug-likeness (QED) is 0.642. The standard InChI is InChI=1S/C14H29BN4O3/c1-10(12(7-15)17-14(21)19(5)6)8-22-9-11(2)16-13(20)18(3)4/h10-12H,7-9H2,1-6H3,(H,16,20)(H,17,21). The summed E-state index contributed by atoms with van der Waals surface area (Å²) in [6.45, 7) is 4.71. The fourth-order valence-corrected chi connectivity index (χ4v) is 1.65. The maximum atomic E-state index is 11.7. The monoisotopic (exact) mass is 312 g/mol. The third-order valence-electron chi connectivity index (χ3n) is 3.18. The number of carbonyl (C=O) groups excluding carboxylic acids is 2. The first-order valence-corrected chi connectivity index (χ1v) is 7.42. The smallest absolute Gasteiger partial charge is 0.317 e. The molecule has 3 atom stereocenters. The van der Waals surface area contributed by atoms with Gasteiger partial charge >= 0.3 is 12.1 Å². The van der Waals surface area contributed by atoms with Gasteiger partial charge in [-0.3, -0.25) is 0 Å². The minimum atomic E-state index is -0.172. The van der Waals surface area contributed by atoms with E-state index in [-0.39, 0.29) is 30.1 Å². The largest absolute Gasteiger partial charge is 0.379 e. The molecule has 0 aliphatic heterocycles. The van der Waals surface area contributed by atoms with Crippen LogP contribution in [0.1, 0.15) is 13.8 Å². The van der Waals surface area contributed by atoms with Crippen LogP contribution in [0.15, 0.2) is 0 Å². The van der Waals surface area contributed by atoms with Crippen molar-refractivity contribution in [3.8, 4) is 0 Å². The van der Waals surface area contributed by atoms with Gasteiger partial charge in [0.2, 0.25) is 0 Å². The Balaban J connectivity index is 4.11. The molecular formula is C14H29BN4O3. The molecule has 0 saturated heterocycles. The van der Waals surface area contributed by atoms with Gasteiger partial charge in [-0.05, 0) is 12.8 Å². The number of carbonyl (C=O) groups is 2. The van der Waals surface area contributed by atoms with Crippen LogP contribution >= 0.6 is 0 Å². The van der Waals surface area contributed by atoms with Crippen molar-refractivity contribution in [1.29, 1.82) is 0 Å². The minimum absolute atomic E-state index is 0.0747. The van der Waals surface area contributed by atoms with Crippen molar-refractivity contribution in [2.75, 3.05) is 41.4 Å². The van der Waals surface area contributed by atoms with E-state index in [0.717, 1.165) is 0 Å². The third-order valence-corrected chi connectivity index (χ3v) is 3.18. The molecule has 2 radical (unpaired) electrons. The molecule has 2 N–H and O–H groups in total. The molecule has 0 bridgehead atoms. The van der Waals surface area contributed by atoms with Gasteiger partial charge in [-0.2, -0.15) is 0 Å². The molecule has 0 rings (SSSR count). The van der Waals surface area contributed by atoms with Gasteiger partial charge < -0.3 is 25.2 Å². The highest BCUT2D eigenvalue weighted by Crippen LogP contribution is 2.08. The fraction of sp³-hybridized carbons (Fsp3) is 0.857. The lowest BCUT2D eigenvalue weighted by atomic mass is 9.89. The average molecular weight is 312 g/mol. The van der Waals surface area contributed by atoms with Crippen LogP contribution in [0.5, 0.6) is 0 Å². The van der Waals surface area contributed by atoms with Crippen molar-refractivity contribution in [3.05, 3.63) is 0 Å². The SMILES string of the molecule is [B]CC(NC(=O)N(C)C)C(C)COCC(C)NC(=O)N(C)C. The van der Waals surface area contributed by atoms with E-state index in [1.807, 2.05) is 13.8 Å². The number of rotatable bonds is 8. The average Bonchev–Trinajstić information content (AvgIpc) is 2.43. The summed E-state index contributed by atoms with van der Waals surface area (Å²) in [6.07, 6.45) is 0.344. The van der Waals surface area contributed by atoms with Gasteiger partial charge in [0.1, 0.15) is 0 Å². The van der Waals surface area contributed by atoms with Crippen LogP contribution in [0.3, 0.4) is 0 Å². The van der Waals surface area contributed by atoms with Crippen LogP contribution in [-0.4, -0.2) is 83.2 Å². The van der Waals surface area contributed by atoms with Crippen LogP contribution < -0.4 is 10.6 Å². The zero-order valence-electron chi connectivity index (χ0n) is 14.5. The molecule has 7 nitrogen and oxygen atoms in total. The molecule has 0 aliphatic rings. The number of urea groups is 2. The Morgan fingerprint density at radius 2 is 1.50 bits per heavy atom. The molecule has 126 valence electrons. The molecule has 3 unspecified atom stereocenters.